The zero-order valence-corrected chi connectivity index (χ0v) is 22.1. The summed E-state index contributed by atoms with van der Waals surface area (Å²) in [6, 6.07) is 5.57. The van der Waals surface area contributed by atoms with Gasteiger partial charge in [-0.3, -0.25) is 9.69 Å². The third-order valence-electron chi connectivity index (χ3n) is 8.10. The Labute approximate surface area is 212 Å². The second kappa shape index (κ2) is 8.57. The normalized spacial score (nSPS) is 27.0. The average molecular weight is 497 g/mol. The Morgan fingerprint density at radius 3 is 2.72 bits per heavy atom. The number of aromatic nitrogens is 2. The first kappa shape index (κ1) is 24.7. The maximum atomic E-state index is 14.8. The molecule has 0 bridgehead atoms. The van der Waals surface area contributed by atoms with E-state index in [2.05, 4.69) is 46.3 Å². The first-order valence-electron chi connectivity index (χ1n) is 12.8. The van der Waals surface area contributed by atoms with Crippen LogP contribution in [0.15, 0.2) is 24.4 Å². The number of carbonyl (C=O) groups is 1. The van der Waals surface area contributed by atoms with Gasteiger partial charge in [0.2, 0.25) is 5.95 Å². The van der Waals surface area contributed by atoms with Crippen molar-refractivity contribution in [3.05, 3.63) is 30.2 Å². The molecule has 0 aliphatic carbocycles. The molecule has 2 N–H and O–H groups in total. The van der Waals surface area contributed by atoms with Gasteiger partial charge in [-0.05, 0) is 91.5 Å². The SMILES string of the molecule is CN1C(=O)C(C)(C)Oc2ccc(Nc3ncc(F)c(NC4CC[C@]5(C)CCCN5C(C)(C)C4)n3)cc21. The van der Waals surface area contributed by atoms with E-state index in [0.717, 1.165) is 25.8 Å². The monoisotopic (exact) mass is 496 g/mol. The molecule has 36 heavy (non-hydrogen) atoms. The highest BCUT2D eigenvalue weighted by Gasteiger charge is 2.47. The summed E-state index contributed by atoms with van der Waals surface area (Å²) in [6.07, 6.45) is 6.60. The summed E-state index contributed by atoms with van der Waals surface area (Å²) >= 11 is 0. The summed E-state index contributed by atoms with van der Waals surface area (Å²) in [5.74, 6) is 0.513. The first-order chi connectivity index (χ1) is 16.9. The Bertz CT molecular complexity index is 1180. The van der Waals surface area contributed by atoms with Crippen LogP contribution in [0.5, 0.6) is 5.75 Å². The topological polar surface area (TPSA) is 82.6 Å². The number of hydrogen-bond donors (Lipinski definition) is 2. The molecule has 3 aliphatic heterocycles. The van der Waals surface area contributed by atoms with Gasteiger partial charge in [-0.2, -0.15) is 4.98 Å². The lowest BCUT2D eigenvalue weighted by Crippen LogP contribution is -2.52. The summed E-state index contributed by atoms with van der Waals surface area (Å²) in [4.78, 5) is 25.4. The van der Waals surface area contributed by atoms with Gasteiger partial charge in [-0.1, -0.05) is 0 Å². The van der Waals surface area contributed by atoms with E-state index in [9.17, 15) is 9.18 Å². The summed E-state index contributed by atoms with van der Waals surface area (Å²) in [5, 5.41) is 6.53. The fourth-order valence-corrected chi connectivity index (χ4v) is 6.37. The van der Waals surface area contributed by atoms with E-state index in [4.69, 9.17) is 4.74 Å². The van der Waals surface area contributed by atoms with Crippen molar-refractivity contribution in [1.29, 1.82) is 0 Å². The summed E-state index contributed by atoms with van der Waals surface area (Å²) in [7, 11) is 1.73. The van der Waals surface area contributed by atoms with Gasteiger partial charge in [0.25, 0.3) is 5.91 Å². The molecule has 2 atom stereocenters. The number of hydrogen-bond acceptors (Lipinski definition) is 7. The van der Waals surface area contributed by atoms with Gasteiger partial charge in [0.05, 0.1) is 11.9 Å². The van der Waals surface area contributed by atoms with E-state index in [-0.39, 0.29) is 34.8 Å². The van der Waals surface area contributed by atoms with Crippen molar-refractivity contribution < 1.29 is 13.9 Å². The molecule has 194 valence electrons. The minimum absolute atomic E-state index is 0.0211. The molecule has 2 fully saturated rings. The van der Waals surface area contributed by atoms with Crippen molar-refractivity contribution in [2.24, 2.45) is 0 Å². The molecule has 9 heteroatoms. The highest BCUT2D eigenvalue weighted by atomic mass is 19.1. The molecule has 5 rings (SSSR count). The molecule has 0 saturated carbocycles. The van der Waals surface area contributed by atoms with Crippen molar-refractivity contribution in [2.75, 3.05) is 29.1 Å². The van der Waals surface area contributed by atoms with Crippen molar-refractivity contribution in [2.45, 2.75) is 89.4 Å². The van der Waals surface area contributed by atoms with E-state index in [0.29, 0.717) is 17.1 Å². The Kier molecular flexibility index (Phi) is 5.89. The number of nitrogens with zero attached hydrogens (tertiary/aromatic N) is 4. The van der Waals surface area contributed by atoms with Gasteiger partial charge in [0.15, 0.2) is 17.2 Å². The summed E-state index contributed by atoms with van der Waals surface area (Å²) < 4.78 is 20.6. The van der Waals surface area contributed by atoms with E-state index in [1.54, 1.807) is 25.8 Å². The summed E-state index contributed by atoms with van der Waals surface area (Å²) in [5.41, 5.74) is 0.638. The number of halogens is 1. The fourth-order valence-electron chi connectivity index (χ4n) is 6.37. The van der Waals surface area contributed by atoms with E-state index < -0.39 is 11.4 Å². The lowest BCUT2D eigenvalue weighted by Gasteiger charge is -2.44. The maximum absolute atomic E-state index is 14.8. The molecular formula is C27H37FN6O2. The van der Waals surface area contributed by atoms with Gasteiger partial charge in [0.1, 0.15) is 5.75 Å². The number of fused-ring (bicyclic) bond motifs is 2. The van der Waals surface area contributed by atoms with Crippen LogP contribution in [-0.2, 0) is 4.79 Å². The minimum atomic E-state index is -0.920. The number of carbonyl (C=O) groups excluding carboxylic acids is 1. The third kappa shape index (κ3) is 4.38. The van der Waals surface area contributed by atoms with Crippen molar-refractivity contribution >= 4 is 29.0 Å². The molecule has 0 spiro atoms. The van der Waals surface area contributed by atoms with Crippen LogP contribution in [0, 0.1) is 5.82 Å². The van der Waals surface area contributed by atoms with Crippen LogP contribution in [0.1, 0.15) is 66.7 Å². The second-order valence-electron chi connectivity index (χ2n) is 11.8. The molecule has 3 aliphatic rings. The summed E-state index contributed by atoms with van der Waals surface area (Å²) in [6.45, 7) is 11.6. The van der Waals surface area contributed by atoms with Gasteiger partial charge >= 0.3 is 0 Å². The zero-order valence-electron chi connectivity index (χ0n) is 22.1. The predicted octanol–water partition coefficient (Wildman–Crippen LogP) is 5.09. The third-order valence-corrected chi connectivity index (χ3v) is 8.10. The van der Waals surface area contributed by atoms with Crippen molar-refractivity contribution in [3.8, 4) is 5.75 Å². The fraction of sp³-hybridized carbons (Fsp3) is 0.593. The highest BCUT2D eigenvalue weighted by molar-refractivity contribution is 6.02. The van der Waals surface area contributed by atoms with Crippen LogP contribution in [0.25, 0.3) is 0 Å². The zero-order chi connectivity index (χ0) is 25.9. The van der Waals surface area contributed by atoms with E-state index >= 15 is 0 Å². The van der Waals surface area contributed by atoms with Crippen LogP contribution in [0.4, 0.5) is 27.5 Å². The van der Waals surface area contributed by atoms with Crippen molar-refractivity contribution in [1.82, 2.24) is 14.9 Å². The van der Waals surface area contributed by atoms with Crippen LogP contribution in [-0.4, -0.2) is 57.1 Å². The smallest absolute Gasteiger partial charge is 0.270 e. The second-order valence-corrected chi connectivity index (χ2v) is 11.8. The van der Waals surface area contributed by atoms with Gasteiger partial charge in [0, 0.05) is 29.9 Å². The molecule has 8 nitrogen and oxygen atoms in total. The number of ether oxygens (including phenoxy) is 1. The molecule has 2 aromatic rings. The molecule has 1 aromatic heterocycles. The lowest BCUT2D eigenvalue weighted by molar-refractivity contribution is -0.132. The van der Waals surface area contributed by atoms with Crippen molar-refractivity contribution in [3.63, 3.8) is 0 Å². The van der Waals surface area contributed by atoms with Gasteiger partial charge in [-0.15, -0.1) is 0 Å². The molecule has 0 radical (unpaired) electrons. The molecule has 2 saturated heterocycles. The maximum Gasteiger partial charge on any atom is 0.270 e. The van der Waals surface area contributed by atoms with Crippen LogP contribution < -0.4 is 20.3 Å². The van der Waals surface area contributed by atoms with Crippen LogP contribution >= 0.6 is 0 Å². The van der Waals surface area contributed by atoms with Crippen LogP contribution in [0.3, 0.4) is 0 Å². The molecule has 1 unspecified atom stereocenters. The largest absolute Gasteiger partial charge is 0.476 e. The first-order valence-corrected chi connectivity index (χ1v) is 12.8. The average Bonchev–Trinajstić information content (AvgIpc) is 3.17. The van der Waals surface area contributed by atoms with Gasteiger partial charge < -0.3 is 20.3 Å². The number of benzene rings is 1. The number of amides is 1. The number of anilines is 4. The number of rotatable bonds is 4. The Morgan fingerprint density at radius 2 is 1.94 bits per heavy atom. The molecule has 4 heterocycles. The Hall–Kier alpha value is -2.94. The number of nitrogens with one attached hydrogen (secondary N) is 2. The highest BCUT2D eigenvalue weighted by Crippen LogP contribution is 2.44. The molecular weight excluding hydrogens is 459 g/mol. The lowest BCUT2D eigenvalue weighted by atomic mass is 9.91. The number of likely N-dealkylation sites (N-methyl/N-ethyl adjacent to an activating group) is 1. The van der Waals surface area contributed by atoms with E-state index in [1.807, 2.05) is 18.2 Å². The quantitative estimate of drug-likeness (QED) is 0.610. The minimum Gasteiger partial charge on any atom is -0.476 e. The standard InChI is InChI=1S/C27H37FN6O2/c1-25(2)15-18(10-12-27(5)11-7-13-34(25)27)30-22-19(28)16-29-24(32-22)31-17-8-9-21-20(14-17)33(6)23(35)26(3,4)36-21/h8-9,14,16,18H,7,10-13,15H2,1-6H3,(H2,29,30,31,32)/t18?,27-/m0/s1. The van der Waals surface area contributed by atoms with Gasteiger partial charge in [-0.25, -0.2) is 9.37 Å². The van der Waals surface area contributed by atoms with E-state index in [1.165, 1.54) is 19.0 Å². The molecule has 1 aromatic carbocycles. The predicted molar refractivity (Wildman–Crippen MR) is 140 cm³/mol. The Balaban J connectivity index is 1.34. The Morgan fingerprint density at radius 1 is 1.17 bits per heavy atom. The van der Waals surface area contributed by atoms with Crippen LogP contribution in [0.2, 0.25) is 0 Å². The molecule has 1 amide bonds.